The molecule has 0 amide bonds. The van der Waals surface area contributed by atoms with Crippen molar-refractivity contribution >= 4 is 34.3 Å². The van der Waals surface area contributed by atoms with Crippen LogP contribution in [0, 0.1) is 0 Å². The number of azo groups is 1. The molecule has 25 heavy (non-hydrogen) atoms. The van der Waals surface area contributed by atoms with Crippen LogP contribution in [0.4, 0.5) is 23.1 Å². The highest BCUT2D eigenvalue weighted by molar-refractivity contribution is 5.82. The van der Waals surface area contributed by atoms with E-state index in [1.54, 1.807) is 12.1 Å². The van der Waals surface area contributed by atoms with Gasteiger partial charge in [0.2, 0.25) is 5.95 Å². The van der Waals surface area contributed by atoms with Gasteiger partial charge in [0.05, 0.1) is 18.9 Å². The first-order chi connectivity index (χ1) is 12.2. The predicted molar refractivity (Wildman–Crippen MR) is 93.1 cm³/mol. The standard InChI is InChI=1S/C15H18N8O2/c16-13-12-14(18-9-17-13)20-15(19-12)22-21-10-1-3-11(4-2-10)23(5-7-24)6-8-25/h1-4,9,24-25H,5-8H2,(H3,16,17,18,19,20). The number of fused-ring (bicyclic) bond motifs is 1. The number of nitrogen functional groups attached to an aromatic ring is 1. The zero-order valence-corrected chi connectivity index (χ0v) is 13.4. The molecule has 10 heteroatoms. The number of imidazole rings is 1. The van der Waals surface area contributed by atoms with Gasteiger partial charge in [-0.25, -0.2) is 9.97 Å². The van der Waals surface area contributed by atoms with Crippen LogP contribution in [0.2, 0.25) is 0 Å². The molecule has 0 saturated carbocycles. The molecule has 0 unspecified atom stereocenters. The van der Waals surface area contributed by atoms with Crippen LogP contribution in [0.1, 0.15) is 0 Å². The number of nitrogens with one attached hydrogen (secondary N) is 1. The van der Waals surface area contributed by atoms with Crippen LogP contribution < -0.4 is 10.6 Å². The van der Waals surface area contributed by atoms with Crippen molar-refractivity contribution in [3.8, 4) is 0 Å². The molecule has 0 radical (unpaired) electrons. The van der Waals surface area contributed by atoms with Crippen LogP contribution in [-0.2, 0) is 0 Å². The SMILES string of the molecule is Nc1ncnc2nc(N=Nc3ccc(N(CCO)CCO)cc3)[nH]c12. The Balaban J connectivity index is 1.75. The van der Waals surface area contributed by atoms with Crippen LogP contribution in [0.5, 0.6) is 0 Å². The number of aromatic nitrogens is 4. The van der Waals surface area contributed by atoms with E-state index in [0.717, 1.165) is 5.69 Å². The highest BCUT2D eigenvalue weighted by atomic mass is 16.3. The number of benzene rings is 1. The van der Waals surface area contributed by atoms with Gasteiger partial charge < -0.3 is 25.8 Å². The minimum absolute atomic E-state index is 0.0134. The Morgan fingerprint density at radius 2 is 1.76 bits per heavy atom. The molecule has 2 heterocycles. The van der Waals surface area contributed by atoms with E-state index in [2.05, 4.69) is 30.2 Å². The lowest BCUT2D eigenvalue weighted by Crippen LogP contribution is -2.29. The summed E-state index contributed by atoms with van der Waals surface area (Å²) in [7, 11) is 0. The molecule has 0 fully saturated rings. The van der Waals surface area contributed by atoms with Crippen LogP contribution in [0.15, 0.2) is 40.8 Å². The van der Waals surface area contributed by atoms with Gasteiger partial charge in [-0.15, -0.1) is 10.2 Å². The molecule has 1 aromatic carbocycles. The first-order valence-electron chi connectivity index (χ1n) is 7.66. The van der Waals surface area contributed by atoms with Crippen LogP contribution in [0.3, 0.4) is 0 Å². The first-order valence-corrected chi connectivity index (χ1v) is 7.66. The maximum absolute atomic E-state index is 9.08. The summed E-state index contributed by atoms with van der Waals surface area (Å²) in [6.45, 7) is 0.921. The minimum Gasteiger partial charge on any atom is -0.395 e. The lowest BCUT2D eigenvalue weighted by Gasteiger charge is -2.22. The van der Waals surface area contributed by atoms with Gasteiger partial charge in [-0.05, 0) is 24.3 Å². The van der Waals surface area contributed by atoms with Gasteiger partial charge in [-0.2, -0.15) is 4.98 Å². The minimum atomic E-state index is 0.0134. The molecule has 3 aromatic rings. The second kappa shape index (κ2) is 7.64. The topological polar surface area (TPSA) is 149 Å². The van der Waals surface area contributed by atoms with Crippen molar-refractivity contribution in [1.29, 1.82) is 0 Å². The largest absolute Gasteiger partial charge is 0.395 e. The zero-order valence-electron chi connectivity index (χ0n) is 13.4. The molecular weight excluding hydrogens is 324 g/mol. The number of nitrogens with two attached hydrogens (primary N) is 1. The van der Waals surface area contributed by atoms with Crippen LogP contribution in [-0.4, -0.2) is 56.5 Å². The van der Waals surface area contributed by atoms with Crippen molar-refractivity contribution in [1.82, 2.24) is 19.9 Å². The third-order valence-corrected chi connectivity index (χ3v) is 3.52. The van der Waals surface area contributed by atoms with Gasteiger partial charge >= 0.3 is 0 Å². The second-order valence-electron chi connectivity index (χ2n) is 5.17. The fraction of sp³-hybridized carbons (Fsp3) is 0.267. The van der Waals surface area contributed by atoms with E-state index in [1.807, 2.05) is 17.0 Å². The Hall–Kier alpha value is -3.11. The number of hydrogen-bond donors (Lipinski definition) is 4. The molecule has 0 saturated heterocycles. The summed E-state index contributed by atoms with van der Waals surface area (Å²) in [5, 5.41) is 26.3. The molecule has 0 aliphatic carbocycles. The normalized spacial score (nSPS) is 11.4. The monoisotopic (exact) mass is 342 g/mol. The van der Waals surface area contributed by atoms with Crippen molar-refractivity contribution in [2.24, 2.45) is 10.2 Å². The van der Waals surface area contributed by atoms with Gasteiger partial charge in [-0.3, -0.25) is 0 Å². The quantitative estimate of drug-likeness (QED) is 0.470. The third kappa shape index (κ3) is 3.87. The Bertz CT molecular complexity index is 856. The third-order valence-electron chi connectivity index (χ3n) is 3.52. The molecule has 10 nitrogen and oxygen atoms in total. The average Bonchev–Trinajstić information content (AvgIpc) is 3.05. The Labute approximate surface area is 143 Å². The summed E-state index contributed by atoms with van der Waals surface area (Å²) in [4.78, 5) is 16.8. The molecule has 130 valence electrons. The van der Waals surface area contributed by atoms with Crippen molar-refractivity contribution in [2.45, 2.75) is 0 Å². The van der Waals surface area contributed by atoms with Crippen molar-refractivity contribution in [2.75, 3.05) is 36.9 Å². The van der Waals surface area contributed by atoms with Gasteiger partial charge in [0.15, 0.2) is 11.5 Å². The molecule has 3 rings (SSSR count). The molecule has 5 N–H and O–H groups in total. The second-order valence-corrected chi connectivity index (χ2v) is 5.17. The number of aliphatic hydroxyl groups is 2. The Morgan fingerprint density at radius 3 is 2.40 bits per heavy atom. The molecule has 0 aliphatic heterocycles. The highest BCUT2D eigenvalue weighted by Crippen LogP contribution is 2.23. The van der Waals surface area contributed by atoms with E-state index in [0.29, 0.717) is 35.8 Å². The van der Waals surface area contributed by atoms with E-state index in [9.17, 15) is 0 Å². The molecule has 0 bridgehead atoms. The number of nitrogens with zero attached hydrogens (tertiary/aromatic N) is 6. The summed E-state index contributed by atoms with van der Waals surface area (Å²) in [5.74, 6) is 0.588. The molecule has 0 spiro atoms. The van der Waals surface area contributed by atoms with E-state index in [4.69, 9.17) is 15.9 Å². The number of hydrogen-bond acceptors (Lipinski definition) is 9. The number of H-pyrrole nitrogens is 1. The van der Waals surface area contributed by atoms with E-state index in [1.165, 1.54) is 6.33 Å². The summed E-state index contributed by atoms with van der Waals surface area (Å²) in [5.41, 5.74) is 8.21. The maximum atomic E-state index is 9.08. The fourth-order valence-corrected chi connectivity index (χ4v) is 2.33. The predicted octanol–water partition coefficient (Wildman–Crippen LogP) is 1.14. The lowest BCUT2D eigenvalue weighted by atomic mass is 10.2. The Kier molecular flexibility index (Phi) is 5.11. The number of rotatable bonds is 7. The fourth-order valence-electron chi connectivity index (χ4n) is 2.33. The first kappa shape index (κ1) is 16.7. The Morgan fingerprint density at radius 1 is 1.04 bits per heavy atom. The van der Waals surface area contributed by atoms with Crippen molar-refractivity contribution in [3.05, 3.63) is 30.6 Å². The maximum Gasteiger partial charge on any atom is 0.249 e. The van der Waals surface area contributed by atoms with Crippen LogP contribution >= 0.6 is 0 Å². The van der Waals surface area contributed by atoms with Crippen molar-refractivity contribution in [3.63, 3.8) is 0 Å². The van der Waals surface area contributed by atoms with E-state index < -0.39 is 0 Å². The molecular formula is C15H18N8O2. The summed E-state index contributed by atoms with van der Waals surface area (Å²) >= 11 is 0. The number of aliphatic hydroxyl groups excluding tert-OH is 2. The summed E-state index contributed by atoms with van der Waals surface area (Å²) in [6, 6.07) is 7.28. The molecule has 2 aromatic heterocycles. The van der Waals surface area contributed by atoms with Gasteiger partial charge in [0.25, 0.3) is 0 Å². The number of anilines is 2. The average molecular weight is 342 g/mol. The van der Waals surface area contributed by atoms with E-state index in [-0.39, 0.29) is 19.2 Å². The van der Waals surface area contributed by atoms with Gasteiger partial charge in [-0.1, -0.05) is 0 Å². The lowest BCUT2D eigenvalue weighted by molar-refractivity contribution is 0.281. The molecule has 0 aliphatic rings. The van der Waals surface area contributed by atoms with Crippen molar-refractivity contribution < 1.29 is 10.2 Å². The smallest absolute Gasteiger partial charge is 0.249 e. The van der Waals surface area contributed by atoms with Gasteiger partial charge in [0, 0.05) is 18.8 Å². The number of aromatic amines is 1. The summed E-state index contributed by atoms with van der Waals surface area (Å²) in [6.07, 6.45) is 1.34. The van der Waals surface area contributed by atoms with Crippen LogP contribution in [0.25, 0.3) is 11.2 Å². The molecule has 0 atom stereocenters. The zero-order chi connectivity index (χ0) is 17.6. The van der Waals surface area contributed by atoms with Gasteiger partial charge in [0.1, 0.15) is 11.8 Å². The highest BCUT2D eigenvalue weighted by Gasteiger charge is 2.07. The van der Waals surface area contributed by atoms with E-state index >= 15 is 0 Å². The summed E-state index contributed by atoms with van der Waals surface area (Å²) < 4.78 is 0.